The quantitative estimate of drug-likeness (QED) is 0.442. The van der Waals surface area contributed by atoms with Crippen LogP contribution in [-0.4, -0.2) is 46.9 Å². The highest BCUT2D eigenvalue weighted by molar-refractivity contribution is 7.09. The molecule has 1 aliphatic rings. The average Bonchev–Trinajstić information content (AvgIpc) is 3.41. The Hall–Kier alpha value is -2.67. The van der Waals surface area contributed by atoms with Gasteiger partial charge < -0.3 is 9.32 Å². The van der Waals surface area contributed by atoms with Crippen LogP contribution in [0.25, 0.3) is 22.2 Å². The molecule has 3 heterocycles. The molecule has 0 bridgehead atoms. The van der Waals surface area contributed by atoms with Crippen LogP contribution in [0.2, 0.25) is 5.02 Å². The molecule has 5 rings (SSSR count). The number of aromatic nitrogens is 1. The molecule has 0 N–H and O–H groups in total. The minimum absolute atomic E-state index is 0.0369. The van der Waals surface area contributed by atoms with Crippen LogP contribution < -0.4 is 0 Å². The molecule has 1 saturated heterocycles. The first kappa shape index (κ1) is 19.3. The van der Waals surface area contributed by atoms with Crippen LogP contribution in [0.1, 0.15) is 15.6 Å². The van der Waals surface area contributed by atoms with Crippen molar-refractivity contribution >= 4 is 39.8 Å². The fourth-order valence-corrected chi connectivity index (χ4v) is 4.65. The second-order valence-corrected chi connectivity index (χ2v) is 8.73. The predicted molar refractivity (Wildman–Crippen MR) is 120 cm³/mol. The van der Waals surface area contributed by atoms with Gasteiger partial charge >= 0.3 is 0 Å². The lowest BCUT2D eigenvalue weighted by molar-refractivity contribution is 0.0600. The lowest BCUT2D eigenvalue weighted by Gasteiger charge is -2.33. The van der Waals surface area contributed by atoms with Crippen molar-refractivity contribution in [2.75, 3.05) is 26.2 Å². The van der Waals surface area contributed by atoms with Gasteiger partial charge in [-0.3, -0.25) is 9.69 Å². The molecule has 1 aliphatic heterocycles. The van der Waals surface area contributed by atoms with Gasteiger partial charge in [0.15, 0.2) is 5.76 Å². The van der Waals surface area contributed by atoms with Crippen LogP contribution in [-0.2, 0) is 6.54 Å². The van der Waals surface area contributed by atoms with Crippen molar-refractivity contribution in [1.82, 2.24) is 14.8 Å². The van der Waals surface area contributed by atoms with Crippen LogP contribution in [0.3, 0.4) is 0 Å². The first-order chi connectivity index (χ1) is 14.7. The molecule has 0 saturated carbocycles. The summed E-state index contributed by atoms with van der Waals surface area (Å²) in [5, 5.41) is 4.85. The lowest BCUT2D eigenvalue weighted by Crippen LogP contribution is -2.48. The highest BCUT2D eigenvalue weighted by Gasteiger charge is 2.25. The van der Waals surface area contributed by atoms with Gasteiger partial charge in [0.2, 0.25) is 0 Å². The van der Waals surface area contributed by atoms with Gasteiger partial charge in [0.25, 0.3) is 5.91 Å². The summed E-state index contributed by atoms with van der Waals surface area (Å²) in [6.07, 6.45) is 0. The zero-order valence-corrected chi connectivity index (χ0v) is 17.8. The number of carbonyl (C=O) groups excluding carboxylic acids is 1. The first-order valence-electron chi connectivity index (χ1n) is 9.86. The van der Waals surface area contributed by atoms with E-state index in [1.165, 1.54) is 0 Å². The van der Waals surface area contributed by atoms with E-state index in [9.17, 15) is 4.79 Å². The molecule has 5 nitrogen and oxygen atoms in total. The van der Waals surface area contributed by atoms with Crippen molar-refractivity contribution in [3.05, 3.63) is 75.8 Å². The number of furan rings is 1. The first-order valence-corrected chi connectivity index (χ1v) is 11.1. The molecule has 0 aliphatic carbocycles. The molecule has 152 valence electrons. The van der Waals surface area contributed by atoms with Crippen LogP contribution in [0, 0.1) is 0 Å². The van der Waals surface area contributed by atoms with E-state index in [0.717, 1.165) is 51.9 Å². The van der Waals surface area contributed by atoms with Crippen molar-refractivity contribution in [2.45, 2.75) is 6.54 Å². The molecule has 0 spiro atoms. The van der Waals surface area contributed by atoms with Crippen molar-refractivity contribution in [2.24, 2.45) is 0 Å². The number of rotatable bonds is 4. The molecular weight excluding hydrogens is 418 g/mol. The van der Waals surface area contributed by atoms with E-state index >= 15 is 0 Å². The molecule has 2 aromatic carbocycles. The molecule has 4 aromatic rings. The Morgan fingerprint density at radius 2 is 1.83 bits per heavy atom. The number of thiazole rings is 1. The number of piperazine rings is 1. The number of hydrogen-bond donors (Lipinski definition) is 0. The number of benzene rings is 2. The maximum absolute atomic E-state index is 12.8. The second kappa shape index (κ2) is 8.22. The summed E-state index contributed by atoms with van der Waals surface area (Å²) in [6, 6.07) is 17.3. The van der Waals surface area contributed by atoms with Crippen molar-refractivity contribution in [1.29, 1.82) is 0 Å². The van der Waals surface area contributed by atoms with Crippen LogP contribution >= 0.6 is 22.9 Å². The monoisotopic (exact) mass is 437 g/mol. The number of hydrogen-bond acceptors (Lipinski definition) is 5. The molecule has 2 aromatic heterocycles. The summed E-state index contributed by atoms with van der Waals surface area (Å²) in [5.41, 5.74) is 2.80. The largest absolute Gasteiger partial charge is 0.451 e. The van der Waals surface area contributed by atoms with Gasteiger partial charge in [0.1, 0.15) is 10.6 Å². The Morgan fingerprint density at radius 3 is 2.60 bits per heavy atom. The van der Waals surface area contributed by atoms with Gasteiger partial charge in [0, 0.05) is 47.5 Å². The highest BCUT2D eigenvalue weighted by atomic mass is 35.5. The summed E-state index contributed by atoms with van der Waals surface area (Å²) in [5.74, 6) is 0.377. The van der Waals surface area contributed by atoms with Gasteiger partial charge in [-0.2, -0.15) is 0 Å². The van der Waals surface area contributed by atoms with Crippen LogP contribution in [0.5, 0.6) is 0 Å². The minimum atomic E-state index is -0.0369. The van der Waals surface area contributed by atoms with Crippen molar-refractivity contribution in [3.8, 4) is 11.3 Å². The minimum Gasteiger partial charge on any atom is -0.451 e. The Kier molecular flexibility index (Phi) is 5.29. The lowest BCUT2D eigenvalue weighted by atomic mass is 10.2. The number of amides is 1. The van der Waals surface area contributed by atoms with E-state index in [1.54, 1.807) is 11.3 Å². The number of halogens is 1. The molecule has 0 unspecified atom stereocenters. The number of para-hydroxylation sites is 1. The third kappa shape index (κ3) is 3.99. The van der Waals surface area contributed by atoms with E-state index in [1.807, 2.05) is 59.5 Å². The molecule has 30 heavy (non-hydrogen) atoms. The standard InChI is InChI=1S/C23H20ClN3O2S/c24-18-7-5-16(6-8-18)19-15-30-22(25-19)14-26-9-11-27(12-10-26)23(28)21-13-17-3-1-2-4-20(17)29-21/h1-8,13,15H,9-12,14H2. The van der Waals surface area contributed by atoms with Crippen LogP contribution in [0.4, 0.5) is 0 Å². The summed E-state index contributed by atoms with van der Waals surface area (Å²) in [7, 11) is 0. The van der Waals surface area contributed by atoms with Crippen molar-refractivity contribution < 1.29 is 9.21 Å². The predicted octanol–water partition coefficient (Wildman–Crippen LogP) is 5.17. The summed E-state index contributed by atoms with van der Waals surface area (Å²) < 4.78 is 5.74. The Balaban J connectivity index is 1.19. The van der Waals surface area contributed by atoms with Crippen LogP contribution in [0.15, 0.2) is 64.4 Å². The number of fused-ring (bicyclic) bond motifs is 1. The maximum atomic E-state index is 12.8. The fraction of sp³-hybridized carbons (Fsp3) is 0.217. The highest BCUT2D eigenvalue weighted by Crippen LogP contribution is 2.25. The number of nitrogens with zero attached hydrogens (tertiary/aromatic N) is 3. The molecule has 1 amide bonds. The van der Waals surface area contributed by atoms with E-state index in [0.29, 0.717) is 18.8 Å². The Labute approximate surface area is 183 Å². The summed E-state index contributed by atoms with van der Waals surface area (Å²) in [4.78, 5) is 21.8. The normalized spacial score (nSPS) is 15.0. The molecule has 0 atom stereocenters. The maximum Gasteiger partial charge on any atom is 0.289 e. The van der Waals surface area contributed by atoms with Gasteiger partial charge in [-0.1, -0.05) is 41.9 Å². The van der Waals surface area contributed by atoms with E-state index in [-0.39, 0.29) is 5.91 Å². The molecular formula is C23H20ClN3O2S. The van der Waals surface area contributed by atoms with E-state index in [4.69, 9.17) is 21.0 Å². The molecule has 0 radical (unpaired) electrons. The summed E-state index contributed by atoms with van der Waals surface area (Å²) in [6.45, 7) is 3.81. The van der Waals surface area contributed by atoms with Gasteiger partial charge in [-0.25, -0.2) is 4.98 Å². The number of carbonyl (C=O) groups is 1. The Morgan fingerprint density at radius 1 is 1.07 bits per heavy atom. The zero-order valence-electron chi connectivity index (χ0n) is 16.3. The molecule has 1 fully saturated rings. The second-order valence-electron chi connectivity index (χ2n) is 7.35. The fourth-order valence-electron chi connectivity index (χ4n) is 3.68. The van der Waals surface area contributed by atoms with Gasteiger partial charge in [0.05, 0.1) is 12.2 Å². The van der Waals surface area contributed by atoms with E-state index < -0.39 is 0 Å². The smallest absolute Gasteiger partial charge is 0.289 e. The van der Waals surface area contributed by atoms with E-state index in [2.05, 4.69) is 10.3 Å². The van der Waals surface area contributed by atoms with Gasteiger partial charge in [-0.05, 0) is 24.3 Å². The Bertz CT molecular complexity index is 1140. The molecule has 7 heteroatoms. The van der Waals surface area contributed by atoms with Crippen molar-refractivity contribution in [3.63, 3.8) is 0 Å². The average molecular weight is 438 g/mol. The topological polar surface area (TPSA) is 49.6 Å². The third-order valence-corrected chi connectivity index (χ3v) is 6.43. The SMILES string of the molecule is O=C(c1cc2ccccc2o1)N1CCN(Cc2nc(-c3ccc(Cl)cc3)cs2)CC1. The zero-order chi connectivity index (χ0) is 20.5. The summed E-state index contributed by atoms with van der Waals surface area (Å²) >= 11 is 7.64. The van der Waals surface area contributed by atoms with Gasteiger partial charge in [-0.15, -0.1) is 11.3 Å². The third-order valence-electron chi connectivity index (χ3n) is 5.35.